The fourth-order valence-corrected chi connectivity index (χ4v) is 2.18. The molecule has 1 aromatic rings. The molecule has 3 nitrogen and oxygen atoms in total. The Morgan fingerprint density at radius 3 is 2.22 bits per heavy atom. The quantitative estimate of drug-likeness (QED) is 0.645. The zero-order valence-corrected chi connectivity index (χ0v) is 12.1. The second kappa shape index (κ2) is 7.62. The highest BCUT2D eigenvalue weighted by Crippen LogP contribution is 2.13. The number of hydrogen-bond acceptors (Lipinski definition) is 2. The molecule has 1 aromatic carbocycles. The summed E-state index contributed by atoms with van der Waals surface area (Å²) in [6.45, 7) is 5.54. The van der Waals surface area contributed by atoms with Gasteiger partial charge in [0.25, 0.3) is 5.91 Å². The summed E-state index contributed by atoms with van der Waals surface area (Å²) < 4.78 is 0. The van der Waals surface area contributed by atoms with Gasteiger partial charge in [-0.15, -0.1) is 23.2 Å². The van der Waals surface area contributed by atoms with Crippen LogP contribution in [0.5, 0.6) is 0 Å². The van der Waals surface area contributed by atoms with E-state index in [-0.39, 0.29) is 12.1 Å². The van der Waals surface area contributed by atoms with Crippen molar-refractivity contribution in [3.63, 3.8) is 0 Å². The fourth-order valence-electron chi connectivity index (χ4n) is 1.74. The van der Waals surface area contributed by atoms with Crippen molar-refractivity contribution >= 4 is 29.1 Å². The molecule has 5 heteroatoms. The highest BCUT2D eigenvalue weighted by atomic mass is 35.5. The van der Waals surface area contributed by atoms with Crippen molar-refractivity contribution in [2.45, 2.75) is 24.8 Å². The molecule has 0 aliphatic rings. The van der Waals surface area contributed by atoms with Gasteiger partial charge in [-0.05, 0) is 25.2 Å². The average molecular weight is 289 g/mol. The number of benzene rings is 1. The van der Waals surface area contributed by atoms with Crippen LogP contribution in [0.25, 0.3) is 0 Å². The molecule has 1 rings (SSSR count). The van der Waals surface area contributed by atoms with Gasteiger partial charge in [0.2, 0.25) is 0 Å². The lowest BCUT2D eigenvalue weighted by molar-refractivity contribution is 0.0870. The van der Waals surface area contributed by atoms with Crippen LogP contribution in [-0.2, 0) is 0 Å². The second-order valence-corrected chi connectivity index (χ2v) is 5.00. The molecule has 100 valence electrons. The second-order valence-electron chi connectivity index (χ2n) is 3.84. The Morgan fingerprint density at radius 1 is 1.22 bits per heavy atom. The van der Waals surface area contributed by atoms with Crippen LogP contribution in [0.3, 0.4) is 0 Å². The molecular weight excluding hydrogens is 271 g/mol. The van der Waals surface area contributed by atoms with Gasteiger partial charge in [-0.2, -0.15) is 0 Å². The van der Waals surface area contributed by atoms with Gasteiger partial charge in [0.05, 0.1) is 0 Å². The SMILES string of the molecule is CCN(CC)C(NC(=O)c1ccccc1)C(Cl)Cl. The predicted molar refractivity (Wildman–Crippen MR) is 76.1 cm³/mol. The van der Waals surface area contributed by atoms with Crippen LogP contribution in [0.15, 0.2) is 30.3 Å². The number of hydrogen-bond donors (Lipinski definition) is 1. The van der Waals surface area contributed by atoms with Gasteiger partial charge in [0.15, 0.2) is 0 Å². The summed E-state index contributed by atoms with van der Waals surface area (Å²) in [6, 6.07) is 9.02. The third kappa shape index (κ3) is 4.16. The summed E-state index contributed by atoms with van der Waals surface area (Å²) in [7, 11) is 0. The summed E-state index contributed by atoms with van der Waals surface area (Å²) in [6.07, 6.45) is -0.379. The molecule has 0 spiro atoms. The molecule has 0 fully saturated rings. The highest BCUT2D eigenvalue weighted by molar-refractivity contribution is 6.44. The van der Waals surface area contributed by atoms with Crippen LogP contribution in [0.4, 0.5) is 0 Å². The van der Waals surface area contributed by atoms with Gasteiger partial charge in [-0.3, -0.25) is 9.69 Å². The van der Waals surface area contributed by atoms with E-state index in [2.05, 4.69) is 5.32 Å². The molecule has 0 heterocycles. The Kier molecular flexibility index (Phi) is 6.47. The monoisotopic (exact) mass is 288 g/mol. The van der Waals surface area contributed by atoms with Crippen molar-refractivity contribution in [1.82, 2.24) is 10.2 Å². The van der Waals surface area contributed by atoms with Crippen molar-refractivity contribution in [1.29, 1.82) is 0 Å². The van der Waals surface area contributed by atoms with E-state index >= 15 is 0 Å². The molecular formula is C13H18Cl2N2O. The van der Waals surface area contributed by atoms with Crippen LogP contribution in [0.2, 0.25) is 0 Å². The number of halogens is 2. The lowest BCUT2D eigenvalue weighted by Gasteiger charge is -2.31. The Bertz CT molecular complexity index is 367. The van der Waals surface area contributed by atoms with E-state index in [0.717, 1.165) is 13.1 Å². The highest BCUT2D eigenvalue weighted by Gasteiger charge is 2.24. The standard InChI is InChI=1S/C13H18Cl2N2O/c1-3-17(4-2)12(11(14)15)16-13(18)10-8-6-5-7-9-10/h5-9,11-12H,3-4H2,1-2H3,(H,16,18). The van der Waals surface area contributed by atoms with Crippen molar-refractivity contribution in [3.05, 3.63) is 35.9 Å². The van der Waals surface area contributed by atoms with E-state index in [0.29, 0.717) is 5.56 Å². The van der Waals surface area contributed by atoms with E-state index in [1.165, 1.54) is 0 Å². The minimum atomic E-state index is -0.669. The van der Waals surface area contributed by atoms with Crippen molar-refractivity contribution in [3.8, 4) is 0 Å². The first kappa shape index (κ1) is 15.3. The number of alkyl halides is 2. The first-order chi connectivity index (χ1) is 8.60. The van der Waals surface area contributed by atoms with Crippen molar-refractivity contribution in [2.75, 3.05) is 13.1 Å². The van der Waals surface area contributed by atoms with Gasteiger partial charge < -0.3 is 5.32 Å². The maximum absolute atomic E-state index is 12.0. The van der Waals surface area contributed by atoms with Gasteiger partial charge in [0, 0.05) is 5.56 Å². The summed E-state index contributed by atoms with van der Waals surface area (Å²) in [5.74, 6) is -0.168. The van der Waals surface area contributed by atoms with Crippen LogP contribution in [0, 0.1) is 0 Å². The van der Waals surface area contributed by atoms with E-state index in [1.54, 1.807) is 12.1 Å². The molecule has 1 N–H and O–H groups in total. The molecule has 1 atom stereocenters. The summed E-state index contributed by atoms with van der Waals surface area (Å²) in [5, 5.41) is 2.86. The molecule has 0 saturated heterocycles. The summed E-state index contributed by atoms with van der Waals surface area (Å²) in [5.41, 5.74) is 0.601. The van der Waals surface area contributed by atoms with Crippen LogP contribution >= 0.6 is 23.2 Å². The molecule has 0 aliphatic carbocycles. The maximum Gasteiger partial charge on any atom is 0.252 e. The average Bonchev–Trinajstić information content (AvgIpc) is 2.39. The third-order valence-electron chi connectivity index (χ3n) is 2.76. The lowest BCUT2D eigenvalue weighted by Crippen LogP contribution is -2.51. The number of rotatable bonds is 6. The summed E-state index contributed by atoms with van der Waals surface area (Å²) >= 11 is 11.9. The van der Waals surface area contributed by atoms with Crippen molar-refractivity contribution in [2.24, 2.45) is 0 Å². The Labute approximate surface area is 118 Å². The maximum atomic E-state index is 12.0. The molecule has 1 amide bonds. The van der Waals surface area contributed by atoms with Crippen LogP contribution in [-0.4, -0.2) is 34.9 Å². The minimum Gasteiger partial charge on any atom is -0.334 e. The van der Waals surface area contributed by atoms with E-state index in [9.17, 15) is 4.79 Å². The number of nitrogens with zero attached hydrogens (tertiary/aromatic N) is 1. The molecule has 1 unspecified atom stereocenters. The van der Waals surface area contributed by atoms with Gasteiger partial charge >= 0.3 is 0 Å². The first-order valence-electron chi connectivity index (χ1n) is 5.98. The Morgan fingerprint density at radius 2 is 1.78 bits per heavy atom. The molecule has 0 saturated carbocycles. The fraction of sp³-hybridized carbons (Fsp3) is 0.462. The molecule has 0 radical (unpaired) electrons. The molecule has 0 bridgehead atoms. The summed E-state index contributed by atoms with van der Waals surface area (Å²) in [4.78, 5) is 13.4. The van der Waals surface area contributed by atoms with Crippen molar-refractivity contribution < 1.29 is 4.79 Å². The minimum absolute atomic E-state index is 0.168. The first-order valence-corrected chi connectivity index (χ1v) is 6.85. The molecule has 0 aromatic heterocycles. The van der Waals surface area contributed by atoms with E-state index in [4.69, 9.17) is 23.2 Å². The Balaban J connectivity index is 2.75. The third-order valence-corrected chi connectivity index (χ3v) is 3.24. The van der Waals surface area contributed by atoms with E-state index in [1.807, 2.05) is 36.9 Å². The normalized spacial score (nSPS) is 12.8. The molecule has 18 heavy (non-hydrogen) atoms. The zero-order valence-electron chi connectivity index (χ0n) is 10.6. The predicted octanol–water partition coefficient (Wildman–Crippen LogP) is 2.89. The topological polar surface area (TPSA) is 32.3 Å². The van der Waals surface area contributed by atoms with Gasteiger partial charge in [0.1, 0.15) is 11.0 Å². The van der Waals surface area contributed by atoms with E-state index < -0.39 is 4.84 Å². The number of carbonyl (C=O) groups is 1. The van der Waals surface area contributed by atoms with Gasteiger partial charge in [-0.1, -0.05) is 32.0 Å². The van der Waals surface area contributed by atoms with Crippen LogP contribution in [0.1, 0.15) is 24.2 Å². The van der Waals surface area contributed by atoms with Crippen LogP contribution < -0.4 is 5.32 Å². The Hall–Kier alpha value is -0.770. The van der Waals surface area contributed by atoms with Gasteiger partial charge in [-0.25, -0.2) is 0 Å². The lowest BCUT2D eigenvalue weighted by atomic mass is 10.2. The number of amides is 1. The number of carbonyl (C=O) groups excluding carboxylic acids is 1. The smallest absolute Gasteiger partial charge is 0.252 e. The zero-order chi connectivity index (χ0) is 13.5. The number of nitrogens with one attached hydrogen (secondary N) is 1. The molecule has 0 aliphatic heterocycles. The largest absolute Gasteiger partial charge is 0.334 e.